The van der Waals surface area contributed by atoms with Crippen LogP contribution in [0, 0.1) is 0 Å². The number of hydrogen-bond acceptors (Lipinski definition) is 2. The van der Waals surface area contributed by atoms with Crippen molar-refractivity contribution < 1.29 is 9.59 Å². The summed E-state index contributed by atoms with van der Waals surface area (Å²) in [6.07, 6.45) is 1.22. The summed E-state index contributed by atoms with van der Waals surface area (Å²) in [4.78, 5) is 21.4. The zero-order valence-electron chi connectivity index (χ0n) is 8.37. The van der Waals surface area contributed by atoms with E-state index in [1.165, 1.54) is 6.92 Å². The lowest BCUT2D eigenvalue weighted by Gasteiger charge is -2.10. The van der Waals surface area contributed by atoms with Crippen LogP contribution >= 0.6 is 11.6 Å². The molecule has 0 aliphatic carbocycles. The summed E-state index contributed by atoms with van der Waals surface area (Å²) in [6, 6.07) is 6.71. The van der Waals surface area contributed by atoms with E-state index in [0.717, 1.165) is 11.8 Å². The molecule has 0 bridgehead atoms. The van der Waals surface area contributed by atoms with E-state index in [9.17, 15) is 9.59 Å². The van der Waals surface area contributed by atoms with E-state index < -0.39 is 6.04 Å². The predicted octanol–water partition coefficient (Wildman–Crippen LogP) is 1.59. The molecule has 3 nitrogen and oxygen atoms in total. The number of hydrogen-bond donors (Lipinski definition) is 1. The number of rotatable bonds is 4. The molecule has 1 amide bonds. The molecular formula is C11H12ClNO2. The number of benzene rings is 1. The van der Waals surface area contributed by atoms with Crippen molar-refractivity contribution in [2.24, 2.45) is 0 Å². The highest BCUT2D eigenvalue weighted by molar-refractivity contribution is 6.30. The lowest BCUT2D eigenvalue weighted by Crippen LogP contribution is -2.35. The number of aldehydes is 1. The lowest BCUT2D eigenvalue weighted by atomic mass is 10.1. The molecule has 80 valence electrons. The zero-order chi connectivity index (χ0) is 11.3. The summed E-state index contributed by atoms with van der Waals surface area (Å²) in [7, 11) is 0. The van der Waals surface area contributed by atoms with Crippen molar-refractivity contribution in [3.8, 4) is 0 Å². The highest BCUT2D eigenvalue weighted by atomic mass is 35.5. The van der Waals surface area contributed by atoms with Gasteiger partial charge in [-0.1, -0.05) is 23.7 Å². The van der Waals surface area contributed by atoms with Gasteiger partial charge in [-0.15, -0.1) is 0 Å². The van der Waals surface area contributed by atoms with Crippen molar-refractivity contribution in [1.29, 1.82) is 0 Å². The van der Waals surface area contributed by atoms with E-state index >= 15 is 0 Å². The molecule has 0 aliphatic heterocycles. The molecular weight excluding hydrogens is 214 g/mol. The third kappa shape index (κ3) is 4.13. The van der Waals surface area contributed by atoms with Crippen LogP contribution in [0.2, 0.25) is 5.02 Å². The molecule has 1 rings (SSSR count). The molecule has 0 saturated heterocycles. The van der Waals surface area contributed by atoms with Crippen LogP contribution in [0.4, 0.5) is 0 Å². The average Bonchev–Trinajstić information content (AvgIpc) is 2.19. The van der Waals surface area contributed by atoms with E-state index in [2.05, 4.69) is 5.32 Å². The van der Waals surface area contributed by atoms with Crippen LogP contribution in [-0.4, -0.2) is 18.2 Å². The summed E-state index contributed by atoms with van der Waals surface area (Å²) >= 11 is 5.73. The number of halogens is 1. The van der Waals surface area contributed by atoms with Gasteiger partial charge in [0.25, 0.3) is 0 Å². The Balaban J connectivity index is 2.62. The van der Waals surface area contributed by atoms with Crippen molar-refractivity contribution in [1.82, 2.24) is 5.32 Å². The van der Waals surface area contributed by atoms with Gasteiger partial charge >= 0.3 is 0 Å². The maximum atomic E-state index is 10.8. The lowest BCUT2D eigenvalue weighted by molar-refractivity contribution is -0.122. The SMILES string of the molecule is CC(=O)N[C@H](C=O)Cc1ccc(Cl)cc1. The van der Waals surface area contributed by atoms with Gasteiger partial charge < -0.3 is 10.1 Å². The van der Waals surface area contributed by atoms with Gasteiger partial charge in [0.15, 0.2) is 0 Å². The van der Waals surface area contributed by atoms with Crippen LogP contribution in [0.1, 0.15) is 12.5 Å². The molecule has 0 aromatic heterocycles. The van der Waals surface area contributed by atoms with E-state index in [-0.39, 0.29) is 5.91 Å². The van der Waals surface area contributed by atoms with E-state index in [1.807, 2.05) is 12.1 Å². The Hall–Kier alpha value is -1.35. The fourth-order valence-corrected chi connectivity index (χ4v) is 1.39. The first kappa shape index (κ1) is 11.7. The molecule has 0 unspecified atom stereocenters. The van der Waals surface area contributed by atoms with Gasteiger partial charge in [-0.2, -0.15) is 0 Å². The topological polar surface area (TPSA) is 46.2 Å². The van der Waals surface area contributed by atoms with Crippen molar-refractivity contribution in [2.75, 3.05) is 0 Å². The molecule has 0 fully saturated rings. The number of carbonyl (C=O) groups excluding carboxylic acids is 2. The molecule has 1 aromatic carbocycles. The van der Waals surface area contributed by atoms with Crippen LogP contribution in [0.3, 0.4) is 0 Å². The maximum absolute atomic E-state index is 10.8. The quantitative estimate of drug-likeness (QED) is 0.791. The third-order valence-electron chi connectivity index (χ3n) is 1.92. The minimum absolute atomic E-state index is 0.207. The fraction of sp³-hybridized carbons (Fsp3) is 0.273. The van der Waals surface area contributed by atoms with Crippen molar-refractivity contribution in [3.05, 3.63) is 34.9 Å². The summed E-state index contributed by atoms with van der Waals surface area (Å²) in [5, 5.41) is 3.21. The molecule has 0 heterocycles. The standard InChI is InChI=1S/C11H12ClNO2/c1-8(15)13-11(7-14)6-9-2-4-10(12)5-3-9/h2-5,7,11H,6H2,1H3,(H,13,15)/t11-/m0/s1. The Morgan fingerprint density at radius 3 is 2.53 bits per heavy atom. The van der Waals surface area contributed by atoms with Crippen LogP contribution in [0.5, 0.6) is 0 Å². The van der Waals surface area contributed by atoms with Crippen molar-refractivity contribution >= 4 is 23.8 Å². The fourth-order valence-electron chi connectivity index (χ4n) is 1.27. The number of amides is 1. The first-order chi connectivity index (χ1) is 7.11. The smallest absolute Gasteiger partial charge is 0.217 e. The number of nitrogens with one attached hydrogen (secondary N) is 1. The normalized spacial score (nSPS) is 11.9. The van der Waals surface area contributed by atoms with Gasteiger partial charge in [0, 0.05) is 11.9 Å². The van der Waals surface area contributed by atoms with Gasteiger partial charge in [0.1, 0.15) is 6.29 Å². The number of carbonyl (C=O) groups is 2. The summed E-state index contributed by atoms with van der Waals surface area (Å²) in [5.74, 6) is -0.207. The average molecular weight is 226 g/mol. The second-order valence-electron chi connectivity index (χ2n) is 3.27. The Labute approximate surface area is 93.4 Å². The molecule has 0 aliphatic rings. The summed E-state index contributed by atoms with van der Waals surface area (Å²) < 4.78 is 0. The van der Waals surface area contributed by atoms with E-state index in [0.29, 0.717) is 11.4 Å². The van der Waals surface area contributed by atoms with E-state index in [4.69, 9.17) is 11.6 Å². The Morgan fingerprint density at radius 2 is 2.07 bits per heavy atom. The summed E-state index contributed by atoms with van der Waals surface area (Å²) in [5.41, 5.74) is 0.963. The predicted molar refractivity (Wildman–Crippen MR) is 58.8 cm³/mol. The largest absolute Gasteiger partial charge is 0.346 e. The maximum Gasteiger partial charge on any atom is 0.217 e. The second kappa shape index (κ2) is 5.51. The second-order valence-corrected chi connectivity index (χ2v) is 3.71. The van der Waals surface area contributed by atoms with Gasteiger partial charge in [-0.3, -0.25) is 4.79 Å². The molecule has 4 heteroatoms. The van der Waals surface area contributed by atoms with E-state index in [1.54, 1.807) is 12.1 Å². The minimum Gasteiger partial charge on any atom is -0.346 e. The first-order valence-electron chi connectivity index (χ1n) is 4.58. The highest BCUT2D eigenvalue weighted by Gasteiger charge is 2.08. The highest BCUT2D eigenvalue weighted by Crippen LogP contribution is 2.10. The van der Waals surface area contributed by atoms with Crippen LogP contribution < -0.4 is 5.32 Å². The van der Waals surface area contributed by atoms with Crippen molar-refractivity contribution in [2.45, 2.75) is 19.4 Å². The Kier molecular flexibility index (Phi) is 4.31. The molecule has 1 N–H and O–H groups in total. The van der Waals surface area contributed by atoms with Gasteiger partial charge in [-0.05, 0) is 24.1 Å². The molecule has 1 aromatic rings. The molecule has 0 spiro atoms. The van der Waals surface area contributed by atoms with Crippen LogP contribution in [-0.2, 0) is 16.0 Å². The zero-order valence-corrected chi connectivity index (χ0v) is 9.12. The minimum atomic E-state index is -0.469. The van der Waals surface area contributed by atoms with Crippen molar-refractivity contribution in [3.63, 3.8) is 0 Å². The first-order valence-corrected chi connectivity index (χ1v) is 4.96. The van der Waals surface area contributed by atoms with Gasteiger partial charge in [0.05, 0.1) is 6.04 Å². The Bertz CT molecular complexity index is 348. The molecule has 0 saturated carbocycles. The molecule has 0 radical (unpaired) electrons. The van der Waals surface area contributed by atoms with Crippen LogP contribution in [0.15, 0.2) is 24.3 Å². The van der Waals surface area contributed by atoms with Crippen LogP contribution in [0.25, 0.3) is 0 Å². The Morgan fingerprint density at radius 1 is 1.47 bits per heavy atom. The molecule has 1 atom stereocenters. The third-order valence-corrected chi connectivity index (χ3v) is 2.17. The van der Waals surface area contributed by atoms with Gasteiger partial charge in [0.2, 0.25) is 5.91 Å². The summed E-state index contributed by atoms with van der Waals surface area (Å²) in [6.45, 7) is 1.39. The monoisotopic (exact) mass is 225 g/mol. The molecule has 15 heavy (non-hydrogen) atoms. The van der Waals surface area contributed by atoms with Gasteiger partial charge in [-0.25, -0.2) is 0 Å².